The molecule has 0 amide bonds. The van der Waals surface area contributed by atoms with Crippen LogP contribution in [0.5, 0.6) is 5.75 Å². The highest BCUT2D eigenvalue weighted by molar-refractivity contribution is 6.31. The number of fused-ring (bicyclic) bond motifs is 3. The van der Waals surface area contributed by atoms with Gasteiger partial charge in [0.15, 0.2) is 17.5 Å². The molecule has 0 saturated carbocycles. The molecular weight excluding hydrogens is 376 g/mol. The van der Waals surface area contributed by atoms with Gasteiger partial charge in [-0.25, -0.2) is 9.50 Å². The van der Waals surface area contributed by atoms with Crippen LogP contribution in [0.3, 0.4) is 0 Å². The highest BCUT2D eigenvalue weighted by atomic mass is 35.5. The summed E-state index contributed by atoms with van der Waals surface area (Å²) in [6, 6.07) is 7.71. The van der Waals surface area contributed by atoms with Crippen LogP contribution in [0.4, 0.5) is 0 Å². The van der Waals surface area contributed by atoms with E-state index >= 15 is 0 Å². The molecule has 0 radical (unpaired) electrons. The predicted molar refractivity (Wildman–Crippen MR) is 104 cm³/mol. The van der Waals surface area contributed by atoms with E-state index in [1.807, 2.05) is 24.3 Å². The van der Waals surface area contributed by atoms with Crippen LogP contribution in [0.15, 0.2) is 41.2 Å². The van der Waals surface area contributed by atoms with Crippen LogP contribution < -0.4 is 4.74 Å². The van der Waals surface area contributed by atoms with Crippen molar-refractivity contribution in [2.24, 2.45) is 0 Å². The lowest BCUT2D eigenvalue weighted by Crippen LogP contribution is -2.08. The van der Waals surface area contributed by atoms with Gasteiger partial charge in [-0.15, -0.1) is 0 Å². The highest BCUT2D eigenvalue weighted by Gasteiger charge is 2.34. The van der Waals surface area contributed by atoms with Gasteiger partial charge in [0, 0.05) is 40.4 Å². The Bertz CT molecular complexity index is 1210. The predicted octanol–water partition coefficient (Wildman–Crippen LogP) is 4.59. The molecule has 0 saturated heterocycles. The monoisotopic (exact) mass is 392 g/mol. The maximum absolute atomic E-state index is 6.45. The van der Waals surface area contributed by atoms with Crippen molar-refractivity contribution in [1.82, 2.24) is 19.8 Å². The third kappa shape index (κ3) is 2.37. The number of hydrogen-bond donors (Lipinski definition) is 0. The molecule has 1 aromatic carbocycles. The molecule has 4 aromatic rings. The van der Waals surface area contributed by atoms with Gasteiger partial charge in [0.25, 0.3) is 0 Å². The van der Waals surface area contributed by atoms with Gasteiger partial charge in [-0.05, 0) is 43.9 Å². The van der Waals surface area contributed by atoms with Gasteiger partial charge in [-0.1, -0.05) is 16.8 Å². The summed E-state index contributed by atoms with van der Waals surface area (Å²) in [5.41, 5.74) is 5.99. The molecule has 4 heterocycles. The van der Waals surface area contributed by atoms with Crippen LogP contribution in [0.25, 0.3) is 16.9 Å². The Hall–Kier alpha value is -2.86. The fraction of sp³-hybridized carbons (Fsp3) is 0.286. The van der Waals surface area contributed by atoms with Crippen LogP contribution >= 0.6 is 11.6 Å². The molecule has 0 bridgehead atoms. The average Bonchev–Trinajstić information content (AvgIpc) is 3.43. The third-order valence-electron chi connectivity index (χ3n) is 5.64. The second-order valence-corrected chi connectivity index (χ2v) is 7.80. The van der Waals surface area contributed by atoms with Crippen LogP contribution in [-0.4, -0.2) is 19.8 Å². The number of rotatable bonds is 2. The largest absolute Gasteiger partial charge is 0.481 e. The van der Waals surface area contributed by atoms with E-state index in [1.165, 1.54) is 18.4 Å². The van der Waals surface area contributed by atoms with Crippen molar-refractivity contribution in [2.75, 3.05) is 0 Å². The molecule has 0 unspecified atom stereocenters. The maximum atomic E-state index is 6.45. The summed E-state index contributed by atoms with van der Waals surface area (Å²) < 4.78 is 14.0. The molecule has 3 aromatic heterocycles. The Balaban J connectivity index is 1.46. The third-order valence-corrected chi connectivity index (χ3v) is 5.86. The van der Waals surface area contributed by atoms with E-state index in [9.17, 15) is 0 Å². The topological polar surface area (TPSA) is 65.5 Å². The van der Waals surface area contributed by atoms with Gasteiger partial charge in [0.2, 0.25) is 0 Å². The number of ether oxygens (including phenoxy) is 1. The molecule has 28 heavy (non-hydrogen) atoms. The Morgan fingerprint density at radius 1 is 1.11 bits per heavy atom. The minimum atomic E-state index is -0.170. The summed E-state index contributed by atoms with van der Waals surface area (Å²) in [5, 5.41) is 9.37. The number of aromatic nitrogens is 4. The van der Waals surface area contributed by atoms with Gasteiger partial charge in [-0.2, -0.15) is 5.10 Å². The van der Waals surface area contributed by atoms with Gasteiger partial charge < -0.3 is 9.26 Å². The normalized spacial score (nSPS) is 18.1. The van der Waals surface area contributed by atoms with Crippen LogP contribution in [0.2, 0.25) is 5.02 Å². The van der Waals surface area contributed by atoms with E-state index < -0.39 is 0 Å². The van der Waals surface area contributed by atoms with E-state index in [4.69, 9.17) is 20.9 Å². The van der Waals surface area contributed by atoms with Crippen molar-refractivity contribution in [2.45, 2.75) is 38.2 Å². The fourth-order valence-corrected chi connectivity index (χ4v) is 4.61. The van der Waals surface area contributed by atoms with Crippen LogP contribution in [-0.2, 0) is 19.3 Å². The Morgan fingerprint density at radius 2 is 2.04 bits per heavy atom. The van der Waals surface area contributed by atoms with Gasteiger partial charge in [0.1, 0.15) is 5.75 Å². The minimum absolute atomic E-state index is 0.170. The standard InChI is InChI=1S/C21H17ClN4O2/c22-13-9-12-10-18(21-14-3-1-2-4-16(14)25-28-21)27-20(12)15(11-13)17-5-7-23-19-6-8-24-26(17)19/h5-9,11,18H,1-4,10H2/t18-/m1/s1. The zero-order valence-corrected chi connectivity index (χ0v) is 15.8. The van der Waals surface area contributed by atoms with Gasteiger partial charge in [-0.3, -0.25) is 0 Å². The van der Waals surface area contributed by atoms with Crippen molar-refractivity contribution in [3.05, 3.63) is 64.3 Å². The minimum Gasteiger partial charge on any atom is -0.481 e. The van der Waals surface area contributed by atoms with Crippen molar-refractivity contribution < 1.29 is 9.26 Å². The molecule has 6 nitrogen and oxygen atoms in total. The van der Waals surface area contributed by atoms with Gasteiger partial charge >= 0.3 is 0 Å². The smallest absolute Gasteiger partial charge is 0.181 e. The van der Waals surface area contributed by atoms with Crippen molar-refractivity contribution in [1.29, 1.82) is 0 Å². The first kappa shape index (κ1) is 16.1. The summed E-state index contributed by atoms with van der Waals surface area (Å²) in [6.45, 7) is 0. The van der Waals surface area contributed by atoms with Crippen LogP contribution in [0.1, 0.15) is 41.5 Å². The summed E-state index contributed by atoms with van der Waals surface area (Å²) in [5.74, 6) is 1.70. The quantitative estimate of drug-likeness (QED) is 0.499. The Morgan fingerprint density at radius 3 is 3.00 bits per heavy atom. The lowest BCUT2D eigenvalue weighted by atomic mass is 9.94. The number of nitrogens with zero attached hydrogens (tertiary/aromatic N) is 4. The van der Waals surface area contributed by atoms with Crippen molar-refractivity contribution in [3.8, 4) is 17.0 Å². The fourth-order valence-electron chi connectivity index (χ4n) is 4.37. The molecule has 140 valence electrons. The molecular formula is C21H17ClN4O2. The molecule has 0 N–H and O–H groups in total. The summed E-state index contributed by atoms with van der Waals surface area (Å²) in [6.07, 6.45) is 8.41. The molecule has 0 fully saturated rings. The number of halogens is 1. The molecule has 1 aliphatic carbocycles. The second-order valence-electron chi connectivity index (χ2n) is 7.36. The summed E-state index contributed by atoms with van der Waals surface area (Å²) >= 11 is 6.45. The molecule has 0 spiro atoms. The zero-order chi connectivity index (χ0) is 18.7. The molecule has 6 rings (SSSR count). The highest BCUT2D eigenvalue weighted by Crippen LogP contribution is 2.46. The zero-order valence-electron chi connectivity index (χ0n) is 15.1. The first-order valence-electron chi connectivity index (χ1n) is 9.53. The van der Waals surface area contributed by atoms with E-state index in [-0.39, 0.29) is 6.10 Å². The summed E-state index contributed by atoms with van der Waals surface area (Å²) in [7, 11) is 0. The SMILES string of the molecule is Clc1cc2c(c(-c3ccnc4ccnn34)c1)O[C@@H](c1onc3c1CCCC3)C2. The molecule has 2 aliphatic rings. The van der Waals surface area contributed by atoms with Crippen molar-refractivity contribution >= 4 is 17.2 Å². The first-order chi connectivity index (χ1) is 13.8. The number of hydrogen-bond acceptors (Lipinski definition) is 5. The van der Waals surface area contributed by atoms with Crippen molar-refractivity contribution in [3.63, 3.8) is 0 Å². The Labute approximate surface area is 166 Å². The molecule has 7 heteroatoms. The van der Waals surface area contributed by atoms with E-state index in [2.05, 4.69) is 15.2 Å². The molecule has 1 atom stereocenters. The van der Waals surface area contributed by atoms with E-state index in [0.29, 0.717) is 5.02 Å². The van der Waals surface area contributed by atoms with Gasteiger partial charge in [0.05, 0.1) is 17.6 Å². The Kier molecular flexibility index (Phi) is 3.50. The molecule has 1 aliphatic heterocycles. The number of aryl methyl sites for hydroxylation is 1. The lowest BCUT2D eigenvalue weighted by molar-refractivity contribution is 0.189. The average molecular weight is 393 g/mol. The first-order valence-corrected chi connectivity index (χ1v) is 9.91. The maximum Gasteiger partial charge on any atom is 0.181 e. The number of benzene rings is 1. The summed E-state index contributed by atoms with van der Waals surface area (Å²) in [4.78, 5) is 4.35. The second kappa shape index (κ2) is 6.07. The lowest BCUT2D eigenvalue weighted by Gasteiger charge is -2.14. The van der Waals surface area contributed by atoms with E-state index in [1.54, 1.807) is 16.9 Å². The van der Waals surface area contributed by atoms with Crippen LogP contribution in [0, 0.1) is 0 Å². The van der Waals surface area contributed by atoms with E-state index in [0.717, 1.165) is 58.9 Å².